The van der Waals surface area contributed by atoms with Crippen molar-refractivity contribution < 1.29 is 14.3 Å². The number of carbonyl (C=O) groups is 2. The summed E-state index contributed by atoms with van der Waals surface area (Å²) in [6, 6.07) is 26.5. The number of halogens is 1. The van der Waals surface area contributed by atoms with Gasteiger partial charge < -0.3 is 25.2 Å². The minimum Gasteiger partial charge on any atom is -0.438 e. The first kappa shape index (κ1) is 30.7. The number of nitrogens with zero attached hydrogens (tertiary/aromatic N) is 5. The number of piperazine rings is 1. The zero-order valence-corrected chi connectivity index (χ0v) is 25.9. The highest BCUT2D eigenvalue weighted by molar-refractivity contribution is 6.30. The van der Waals surface area contributed by atoms with Crippen LogP contribution in [-0.4, -0.2) is 64.9 Å². The van der Waals surface area contributed by atoms with Crippen molar-refractivity contribution >= 4 is 40.5 Å². The normalized spacial score (nSPS) is 13.2. The molecular weight excluding hydrogens is 602 g/mol. The van der Waals surface area contributed by atoms with E-state index in [-0.39, 0.29) is 18.2 Å². The molecule has 0 atom stereocenters. The number of Topliss-reactive ketones (excluding diaryl/α,β-unsaturated/α-hetero) is 1. The van der Waals surface area contributed by atoms with Gasteiger partial charge in [-0.3, -0.25) is 4.79 Å². The fourth-order valence-corrected chi connectivity index (χ4v) is 5.14. The molecule has 0 saturated carbocycles. The van der Waals surface area contributed by atoms with Crippen LogP contribution in [0.25, 0.3) is 11.3 Å². The van der Waals surface area contributed by atoms with Crippen molar-refractivity contribution in [3.05, 3.63) is 120 Å². The number of ether oxygens (including phenoxy) is 1. The highest BCUT2D eigenvalue weighted by atomic mass is 35.5. The molecule has 0 bridgehead atoms. The quantitative estimate of drug-likeness (QED) is 0.170. The van der Waals surface area contributed by atoms with Crippen LogP contribution in [0.3, 0.4) is 0 Å². The molecule has 0 radical (unpaired) electrons. The summed E-state index contributed by atoms with van der Waals surface area (Å²) in [7, 11) is 2.13. The summed E-state index contributed by atoms with van der Waals surface area (Å²) in [4.78, 5) is 43.6. The van der Waals surface area contributed by atoms with Gasteiger partial charge in [0.15, 0.2) is 5.78 Å². The molecule has 0 unspecified atom stereocenters. The Labute approximate surface area is 272 Å². The van der Waals surface area contributed by atoms with E-state index in [9.17, 15) is 9.59 Å². The molecule has 5 aromatic rings. The van der Waals surface area contributed by atoms with Crippen molar-refractivity contribution in [3.63, 3.8) is 0 Å². The predicted octanol–water partition coefficient (Wildman–Crippen LogP) is 6.81. The molecule has 10 nitrogen and oxygen atoms in total. The maximum absolute atomic E-state index is 13.1. The van der Waals surface area contributed by atoms with Crippen molar-refractivity contribution in [2.24, 2.45) is 0 Å². The number of urea groups is 1. The molecule has 0 aliphatic carbocycles. The number of pyridine rings is 1. The topological polar surface area (TPSA) is 113 Å². The van der Waals surface area contributed by atoms with Gasteiger partial charge in [0.25, 0.3) is 0 Å². The molecular formula is C35H32ClN7O3. The van der Waals surface area contributed by atoms with Gasteiger partial charge in [-0.15, -0.1) is 0 Å². The first-order chi connectivity index (χ1) is 22.4. The zero-order chi connectivity index (χ0) is 31.9. The summed E-state index contributed by atoms with van der Waals surface area (Å²) in [5, 5.41) is 6.13. The molecule has 3 aromatic carbocycles. The zero-order valence-electron chi connectivity index (χ0n) is 25.2. The second-order valence-corrected chi connectivity index (χ2v) is 11.3. The number of hydrogen-bond donors (Lipinski definition) is 2. The Balaban J connectivity index is 1.09. The molecule has 3 heterocycles. The van der Waals surface area contributed by atoms with Gasteiger partial charge in [-0.25, -0.2) is 19.7 Å². The first-order valence-electron chi connectivity index (χ1n) is 14.9. The minimum atomic E-state index is -0.385. The summed E-state index contributed by atoms with van der Waals surface area (Å²) < 4.78 is 6.10. The Kier molecular flexibility index (Phi) is 9.47. The van der Waals surface area contributed by atoms with E-state index in [2.05, 4.69) is 42.4 Å². The van der Waals surface area contributed by atoms with E-state index < -0.39 is 0 Å². The SMILES string of the molecule is CN1CCN(c2ccc(C(=O)Cc3nccc(-c4cccnc4Oc4ccc(NC(=O)Nc5ccc(Cl)cc5)cc4)n3)cc2)CC1. The Morgan fingerprint density at radius 2 is 1.48 bits per heavy atom. The van der Waals surface area contributed by atoms with Crippen molar-refractivity contribution in [2.45, 2.75) is 6.42 Å². The van der Waals surface area contributed by atoms with Crippen LogP contribution in [-0.2, 0) is 6.42 Å². The molecule has 46 heavy (non-hydrogen) atoms. The second kappa shape index (κ2) is 14.2. The molecule has 2 N–H and O–H groups in total. The summed E-state index contributed by atoms with van der Waals surface area (Å²) in [6.45, 7) is 3.98. The lowest BCUT2D eigenvalue weighted by Crippen LogP contribution is -2.44. The summed E-state index contributed by atoms with van der Waals surface area (Å²) >= 11 is 5.90. The molecule has 1 fully saturated rings. The maximum atomic E-state index is 13.1. The first-order valence-corrected chi connectivity index (χ1v) is 15.2. The molecule has 1 aliphatic rings. The number of aromatic nitrogens is 3. The molecule has 232 valence electrons. The molecule has 2 aromatic heterocycles. The van der Waals surface area contributed by atoms with Crippen LogP contribution in [0.15, 0.2) is 103 Å². The van der Waals surface area contributed by atoms with Gasteiger partial charge in [0.1, 0.15) is 11.6 Å². The van der Waals surface area contributed by atoms with Crippen molar-refractivity contribution in [1.82, 2.24) is 19.9 Å². The van der Waals surface area contributed by atoms with Crippen molar-refractivity contribution in [2.75, 3.05) is 48.8 Å². The standard InChI is InChI=1S/C35H32ClN7O3/c1-42-19-21-43(22-20-42)28-12-4-24(5-13-28)32(44)23-33-37-18-16-31(41-33)30-3-2-17-38-34(30)46-29-14-10-27(11-15-29)40-35(45)39-26-8-6-25(36)7-9-26/h2-18H,19-23H2,1H3,(H2,39,40,45). The highest BCUT2D eigenvalue weighted by Crippen LogP contribution is 2.31. The van der Waals surface area contributed by atoms with E-state index in [1.54, 1.807) is 73.1 Å². The summed E-state index contributed by atoms with van der Waals surface area (Å²) in [5.74, 6) is 1.22. The third-order valence-electron chi connectivity index (χ3n) is 7.56. The van der Waals surface area contributed by atoms with Crippen LogP contribution < -0.4 is 20.3 Å². The number of rotatable bonds is 9. The van der Waals surface area contributed by atoms with Gasteiger partial charge in [-0.1, -0.05) is 11.6 Å². The van der Waals surface area contributed by atoms with Crippen LogP contribution >= 0.6 is 11.6 Å². The van der Waals surface area contributed by atoms with E-state index >= 15 is 0 Å². The van der Waals surface area contributed by atoms with E-state index in [4.69, 9.17) is 16.3 Å². The van der Waals surface area contributed by atoms with Crippen molar-refractivity contribution in [3.8, 4) is 22.9 Å². The molecule has 2 amide bonds. The number of nitrogens with one attached hydrogen (secondary N) is 2. The third kappa shape index (κ3) is 7.84. The average Bonchev–Trinajstić information content (AvgIpc) is 3.07. The summed E-state index contributed by atoms with van der Waals surface area (Å²) in [6.07, 6.45) is 3.33. The van der Waals surface area contributed by atoms with Gasteiger partial charge in [0.2, 0.25) is 5.88 Å². The largest absolute Gasteiger partial charge is 0.438 e. The van der Waals surface area contributed by atoms with Gasteiger partial charge in [-0.2, -0.15) is 0 Å². The van der Waals surface area contributed by atoms with E-state index in [0.29, 0.717) is 50.7 Å². The lowest BCUT2D eigenvalue weighted by Gasteiger charge is -2.34. The van der Waals surface area contributed by atoms with Crippen LogP contribution in [0.2, 0.25) is 5.02 Å². The molecule has 1 aliphatic heterocycles. The monoisotopic (exact) mass is 633 g/mol. The van der Waals surface area contributed by atoms with Gasteiger partial charge in [-0.05, 0) is 98.0 Å². The molecule has 0 spiro atoms. The smallest absolute Gasteiger partial charge is 0.323 e. The highest BCUT2D eigenvalue weighted by Gasteiger charge is 2.17. The van der Waals surface area contributed by atoms with Gasteiger partial charge >= 0.3 is 6.03 Å². The Morgan fingerprint density at radius 3 is 2.17 bits per heavy atom. The number of hydrogen-bond acceptors (Lipinski definition) is 8. The third-order valence-corrected chi connectivity index (χ3v) is 7.81. The van der Waals surface area contributed by atoms with Crippen LogP contribution in [0.4, 0.5) is 21.9 Å². The lowest BCUT2D eigenvalue weighted by molar-refractivity contribution is 0.0991. The van der Waals surface area contributed by atoms with E-state index in [0.717, 1.165) is 31.9 Å². The fourth-order valence-electron chi connectivity index (χ4n) is 5.01. The fraction of sp³-hybridized carbons (Fsp3) is 0.171. The second-order valence-electron chi connectivity index (χ2n) is 10.9. The Morgan fingerprint density at radius 1 is 0.804 bits per heavy atom. The number of carbonyl (C=O) groups excluding carboxylic acids is 2. The summed E-state index contributed by atoms with van der Waals surface area (Å²) in [5.41, 5.74) is 4.19. The maximum Gasteiger partial charge on any atom is 0.323 e. The molecule has 6 rings (SSSR count). The number of amides is 2. The Bertz CT molecular complexity index is 1810. The minimum absolute atomic E-state index is 0.0553. The lowest BCUT2D eigenvalue weighted by atomic mass is 10.1. The van der Waals surface area contributed by atoms with Crippen LogP contribution in [0.1, 0.15) is 16.2 Å². The van der Waals surface area contributed by atoms with E-state index in [1.165, 1.54) is 0 Å². The molecule has 1 saturated heterocycles. The Hall–Kier alpha value is -5.32. The van der Waals surface area contributed by atoms with Crippen LogP contribution in [0, 0.1) is 0 Å². The van der Waals surface area contributed by atoms with Gasteiger partial charge in [0, 0.05) is 66.2 Å². The number of ketones is 1. The number of anilines is 3. The predicted molar refractivity (Wildman–Crippen MR) is 180 cm³/mol. The molecule has 11 heteroatoms. The van der Waals surface area contributed by atoms with Crippen LogP contribution in [0.5, 0.6) is 11.6 Å². The van der Waals surface area contributed by atoms with E-state index in [1.807, 2.05) is 30.3 Å². The van der Waals surface area contributed by atoms with Gasteiger partial charge in [0.05, 0.1) is 17.7 Å². The average molecular weight is 634 g/mol. The number of likely N-dealkylation sites (N-methyl/N-ethyl adjacent to an activating group) is 1. The number of benzene rings is 3. The van der Waals surface area contributed by atoms with Crippen molar-refractivity contribution in [1.29, 1.82) is 0 Å².